The second kappa shape index (κ2) is 6.49. The van der Waals surface area contributed by atoms with E-state index in [1.807, 2.05) is 0 Å². The summed E-state index contributed by atoms with van der Waals surface area (Å²) in [5.41, 5.74) is 1.37. The minimum Gasteiger partial charge on any atom is -0.493 e. The smallest absolute Gasteiger partial charge is 0.367 e. The first-order valence-corrected chi connectivity index (χ1v) is 6.54. The summed E-state index contributed by atoms with van der Waals surface area (Å²) >= 11 is 5.73. The summed E-state index contributed by atoms with van der Waals surface area (Å²) in [6, 6.07) is 3.43. The second-order valence-electron chi connectivity index (χ2n) is 4.07. The Balaban J connectivity index is 2.50. The van der Waals surface area contributed by atoms with Crippen molar-refractivity contribution in [1.82, 2.24) is 0 Å². The molecule has 1 aromatic carbocycles. The molecular weight excluding hydrogens is 298 g/mol. The van der Waals surface area contributed by atoms with Crippen molar-refractivity contribution in [2.24, 2.45) is 5.16 Å². The first-order chi connectivity index (χ1) is 10.1. The lowest BCUT2D eigenvalue weighted by Gasteiger charge is -2.13. The monoisotopic (exact) mass is 311 g/mol. The summed E-state index contributed by atoms with van der Waals surface area (Å²) in [7, 11) is 4.55. The van der Waals surface area contributed by atoms with E-state index in [9.17, 15) is 4.79 Å². The molecule has 0 saturated heterocycles. The zero-order chi connectivity index (χ0) is 15.4. The lowest BCUT2D eigenvalue weighted by molar-refractivity contribution is -0.136. The fourth-order valence-corrected chi connectivity index (χ4v) is 2.10. The molecule has 1 aliphatic rings. The highest BCUT2D eigenvalue weighted by molar-refractivity contribution is 6.38. The van der Waals surface area contributed by atoms with Gasteiger partial charge in [-0.05, 0) is 23.8 Å². The van der Waals surface area contributed by atoms with Gasteiger partial charge in [-0.25, -0.2) is 4.79 Å². The van der Waals surface area contributed by atoms with Crippen LogP contribution in [0, 0.1) is 0 Å². The maximum absolute atomic E-state index is 11.6. The Morgan fingerprint density at radius 2 is 1.81 bits per heavy atom. The first kappa shape index (κ1) is 15.2. The fraction of sp³-hybridized carbons (Fsp3) is 0.286. The van der Waals surface area contributed by atoms with E-state index in [1.54, 1.807) is 18.2 Å². The quantitative estimate of drug-likeness (QED) is 0.474. The van der Waals surface area contributed by atoms with Crippen LogP contribution in [-0.4, -0.2) is 38.9 Å². The van der Waals surface area contributed by atoms with E-state index in [0.717, 1.165) is 0 Å². The lowest BCUT2D eigenvalue weighted by atomic mass is 10.1. The highest BCUT2D eigenvalue weighted by atomic mass is 35.5. The molecule has 0 spiro atoms. The van der Waals surface area contributed by atoms with Crippen molar-refractivity contribution >= 4 is 29.4 Å². The Labute approximate surface area is 126 Å². The van der Waals surface area contributed by atoms with E-state index >= 15 is 0 Å². The van der Waals surface area contributed by atoms with E-state index in [1.165, 1.54) is 21.3 Å². The molecule has 6 nitrogen and oxygen atoms in total. The van der Waals surface area contributed by atoms with Gasteiger partial charge < -0.3 is 19.0 Å². The van der Waals surface area contributed by atoms with Crippen LogP contribution in [0.25, 0.3) is 6.08 Å². The van der Waals surface area contributed by atoms with Gasteiger partial charge in [0.05, 0.1) is 32.8 Å². The van der Waals surface area contributed by atoms with Gasteiger partial charge in [-0.15, -0.1) is 11.6 Å². The minimum atomic E-state index is -0.542. The van der Waals surface area contributed by atoms with Crippen molar-refractivity contribution in [2.75, 3.05) is 27.2 Å². The van der Waals surface area contributed by atoms with Crippen molar-refractivity contribution in [2.45, 2.75) is 0 Å². The molecule has 7 heteroatoms. The number of ether oxygens (including phenoxy) is 3. The van der Waals surface area contributed by atoms with Gasteiger partial charge in [-0.2, -0.15) is 0 Å². The van der Waals surface area contributed by atoms with Crippen molar-refractivity contribution in [1.29, 1.82) is 0 Å². The van der Waals surface area contributed by atoms with E-state index in [2.05, 4.69) is 9.99 Å². The lowest BCUT2D eigenvalue weighted by Crippen LogP contribution is -2.06. The summed E-state index contributed by atoms with van der Waals surface area (Å²) in [4.78, 5) is 16.2. The molecule has 112 valence electrons. The predicted molar refractivity (Wildman–Crippen MR) is 78.3 cm³/mol. The van der Waals surface area contributed by atoms with Crippen LogP contribution in [0.2, 0.25) is 0 Å². The maximum Gasteiger partial charge on any atom is 0.367 e. The molecule has 0 atom stereocenters. The number of methoxy groups -OCH3 is 3. The van der Waals surface area contributed by atoms with Crippen LogP contribution in [-0.2, 0) is 9.63 Å². The molecule has 21 heavy (non-hydrogen) atoms. The van der Waals surface area contributed by atoms with Gasteiger partial charge in [-0.1, -0.05) is 5.16 Å². The number of benzene rings is 1. The Bertz CT molecular complexity index is 599. The Morgan fingerprint density at radius 3 is 2.29 bits per heavy atom. The number of oxime groups is 1. The van der Waals surface area contributed by atoms with Gasteiger partial charge in [0.2, 0.25) is 5.75 Å². The van der Waals surface area contributed by atoms with Crippen molar-refractivity contribution in [3.05, 3.63) is 23.3 Å². The Morgan fingerprint density at radius 1 is 1.19 bits per heavy atom. The van der Waals surface area contributed by atoms with Gasteiger partial charge in [-0.3, -0.25) is 0 Å². The molecule has 1 heterocycles. The summed E-state index contributed by atoms with van der Waals surface area (Å²) in [5.74, 6) is 0.989. The largest absolute Gasteiger partial charge is 0.493 e. The van der Waals surface area contributed by atoms with Crippen LogP contribution >= 0.6 is 11.6 Å². The predicted octanol–water partition coefficient (Wildman–Crippen LogP) is 2.25. The van der Waals surface area contributed by atoms with Crippen LogP contribution in [0.5, 0.6) is 17.2 Å². The number of alkyl halides is 1. The number of carbonyl (C=O) groups excluding carboxylic acids is 1. The molecule has 0 unspecified atom stereocenters. The van der Waals surface area contributed by atoms with Gasteiger partial charge in [0.1, 0.15) is 5.71 Å². The highest BCUT2D eigenvalue weighted by Crippen LogP contribution is 2.38. The van der Waals surface area contributed by atoms with Crippen LogP contribution < -0.4 is 14.2 Å². The summed E-state index contributed by atoms with van der Waals surface area (Å²) < 4.78 is 15.8. The van der Waals surface area contributed by atoms with Gasteiger partial charge in [0.15, 0.2) is 11.5 Å². The zero-order valence-electron chi connectivity index (χ0n) is 11.8. The third-order valence-electron chi connectivity index (χ3n) is 2.89. The topological polar surface area (TPSA) is 66.4 Å². The average molecular weight is 312 g/mol. The van der Waals surface area contributed by atoms with E-state index in [0.29, 0.717) is 34.1 Å². The summed E-state index contributed by atoms with van der Waals surface area (Å²) in [5, 5.41) is 3.61. The highest BCUT2D eigenvalue weighted by Gasteiger charge is 2.25. The Hall–Kier alpha value is -2.21. The van der Waals surface area contributed by atoms with Crippen molar-refractivity contribution in [3.8, 4) is 17.2 Å². The molecule has 0 bridgehead atoms. The normalized spacial score (nSPS) is 15.7. The first-order valence-electron chi connectivity index (χ1n) is 6.00. The number of nitrogens with zero attached hydrogens (tertiary/aromatic N) is 1. The van der Waals surface area contributed by atoms with Crippen LogP contribution in [0.3, 0.4) is 0 Å². The number of halogens is 1. The number of carbonyl (C=O) groups is 1. The van der Waals surface area contributed by atoms with Gasteiger partial charge in [0.25, 0.3) is 0 Å². The molecule has 1 aromatic rings. The molecule has 0 N–H and O–H groups in total. The summed E-state index contributed by atoms with van der Waals surface area (Å²) in [6.45, 7) is 0. The molecule has 0 fully saturated rings. The third kappa shape index (κ3) is 2.95. The molecule has 1 aliphatic heterocycles. The minimum absolute atomic E-state index is 0.0853. The van der Waals surface area contributed by atoms with E-state index < -0.39 is 5.97 Å². The van der Waals surface area contributed by atoms with Gasteiger partial charge >= 0.3 is 5.97 Å². The molecule has 0 aliphatic carbocycles. The molecule has 0 radical (unpaired) electrons. The van der Waals surface area contributed by atoms with E-state index in [4.69, 9.17) is 25.8 Å². The third-order valence-corrected chi connectivity index (χ3v) is 3.15. The molecule has 0 amide bonds. The van der Waals surface area contributed by atoms with E-state index in [-0.39, 0.29) is 5.88 Å². The van der Waals surface area contributed by atoms with Crippen molar-refractivity contribution in [3.63, 3.8) is 0 Å². The average Bonchev–Trinajstić information content (AvgIpc) is 2.86. The number of hydrogen-bond donors (Lipinski definition) is 0. The molecular formula is C14H14ClNO5. The molecule has 0 aromatic heterocycles. The molecule has 0 saturated carbocycles. The summed E-state index contributed by atoms with van der Waals surface area (Å²) in [6.07, 6.45) is 1.61. The number of rotatable bonds is 5. The maximum atomic E-state index is 11.6. The standard InChI is InChI=1S/C14H14ClNO5/c1-18-11-5-8(6-12(19-2)13(11)20-3)4-9-10(7-15)16-21-14(9)17/h4-6H,7H2,1-3H3/b9-4-. The molecule has 2 rings (SSSR count). The van der Waals surface area contributed by atoms with Crippen LogP contribution in [0.4, 0.5) is 0 Å². The Kier molecular flexibility index (Phi) is 4.70. The van der Waals surface area contributed by atoms with Crippen LogP contribution in [0.1, 0.15) is 5.56 Å². The van der Waals surface area contributed by atoms with Crippen LogP contribution in [0.15, 0.2) is 22.9 Å². The number of hydrogen-bond acceptors (Lipinski definition) is 6. The fourth-order valence-electron chi connectivity index (χ4n) is 1.90. The zero-order valence-corrected chi connectivity index (χ0v) is 12.6. The van der Waals surface area contributed by atoms with Gasteiger partial charge in [0, 0.05) is 0 Å². The van der Waals surface area contributed by atoms with Crippen molar-refractivity contribution < 1.29 is 23.8 Å². The SMILES string of the molecule is COc1cc(/C=C2\C(=O)ON=C2CCl)cc(OC)c1OC. The second-order valence-corrected chi connectivity index (χ2v) is 4.33.